The molecule has 1 heterocycles. The maximum atomic E-state index is 13.1. The molecule has 2 rings (SSSR count). The lowest BCUT2D eigenvalue weighted by Crippen LogP contribution is -2.20. The van der Waals surface area contributed by atoms with Gasteiger partial charge in [-0.15, -0.1) is 10.2 Å². The second-order valence-electron chi connectivity index (χ2n) is 4.44. The molecule has 0 aliphatic carbocycles. The average molecular weight is 260 g/mol. The van der Waals surface area contributed by atoms with Crippen molar-refractivity contribution in [3.05, 3.63) is 42.2 Å². The fourth-order valence-electron chi connectivity index (χ4n) is 1.79. The minimum atomic E-state index is -0.280. The molecule has 1 aromatic heterocycles. The Hall–Kier alpha value is -2.01. The summed E-state index contributed by atoms with van der Waals surface area (Å²) in [6.45, 7) is 2.66. The van der Waals surface area contributed by atoms with E-state index in [-0.39, 0.29) is 11.9 Å². The van der Waals surface area contributed by atoms with E-state index in [0.29, 0.717) is 23.6 Å². The first-order chi connectivity index (χ1) is 9.19. The van der Waals surface area contributed by atoms with Gasteiger partial charge in [-0.05, 0) is 44.2 Å². The Morgan fingerprint density at radius 3 is 2.74 bits per heavy atom. The summed E-state index contributed by atoms with van der Waals surface area (Å²) >= 11 is 0. The topological polar surface area (TPSA) is 63.8 Å². The molecule has 0 saturated carbocycles. The summed E-state index contributed by atoms with van der Waals surface area (Å²) in [5.74, 6) is 0.416. The molecule has 3 N–H and O–H groups in total. The highest BCUT2D eigenvalue weighted by atomic mass is 19.1. The number of anilines is 1. The third-order valence-electron chi connectivity index (χ3n) is 2.78. The van der Waals surface area contributed by atoms with E-state index in [4.69, 9.17) is 5.73 Å². The zero-order chi connectivity index (χ0) is 13.7. The van der Waals surface area contributed by atoms with E-state index in [0.717, 1.165) is 6.42 Å². The van der Waals surface area contributed by atoms with E-state index in [1.54, 1.807) is 12.1 Å². The average Bonchev–Trinajstić information content (AvgIpc) is 2.40. The molecule has 0 aliphatic rings. The second-order valence-corrected chi connectivity index (χ2v) is 4.44. The number of benzene rings is 1. The van der Waals surface area contributed by atoms with Crippen molar-refractivity contribution in [1.29, 1.82) is 0 Å². The Labute approximate surface area is 111 Å². The number of nitrogens with zero attached hydrogens (tertiary/aromatic N) is 2. The summed E-state index contributed by atoms with van der Waals surface area (Å²) in [6, 6.07) is 10.2. The maximum Gasteiger partial charge on any atom is 0.148 e. The minimum absolute atomic E-state index is 0.249. The zero-order valence-electron chi connectivity index (χ0n) is 10.8. The largest absolute Gasteiger partial charge is 0.366 e. The molecule has 0 saturated heterocycles. The Kier molecular flexibility index (Phi) is 4.41. The Morgan fingerprint density at radius 1 is 1.26 bits per heavy atom. The molecule has 0 spiro atoms. The van der Waals surface area contributed by atoms with Crippen LogP contribution in [0.15, 0.2) is 36.4 Å². The number of nitrogens with one attached hydrogen (secondary N) is 1. The summed E-state index contributed by atoms with van der Waals surface area (Å²) < 4.78 is 13.1. The molecule has 1 atom stereocenters. The minimum Gasteiger partial charge on any atom is -0.366 e. The van der Waals surface area contributed by atoms with Crippen molar-refractivity contribution in [3.8, 4) is 11.3 Å². The first kappa shape index (κ1) is 13.4. The summed E-state index contributed by atoms with van der Waals surface area (Å²) in [4.78, 5) is 0. The van der Waals surface area contributed by atoms with Gasteiger partial charge in [0.1, 0.15) is 11.6 Å². The van der Waals surface area contributed by atoms with Crippen LogP contribution in [0.5, 0.6) is 0 Å². The molecule has 19 heavy (non-hydrogen) atoms. The van der Waals surface area contributed by atoms with Gasteiger partial charge in [-0.3, -0.25) is 0 Å². The molecule has 0 amide bonds. The molecule has 1 aromatic carbocycles. The first-order valence-electron chi connectivity index (χ1n) is 6.25. The fourth-order valence-corrected chi connectivity index (χ4v) is 1.79. The van der Waals surface area contributed by atoms with Crippen LogP contribution in [0.4, 0.5) is 10.2 Å². The molecule has 0 radical (unpaired) electrons. The lowest BCUT2D eigenvalue weighted by atomic mass is 10.1. The number of rotatable bonds is 5. The van der Waals surface area contributed by atoms with Crippen molar-refractivity contribution in [1.82, 2.24) is 10.2 Å². The Bertz CT molecular complexity index is 527. The molecule has 0 bridgehead atoms. The van der Waals surface area contributed by atoms with E-state index >= 15 is 0 Å². The molecule has 4 nitrogen and oxygen atoms in total. The maximum absolute atomic E-state index is 13.1. The van der Waals surface area contributed by atoms with Gasteiger partial charge in [0.2, 0.25) is 0 Å². The van der Waals surface area contributed by atoms with Crippen molar-refractivity contribution in [2.75, 3.05) is 11.9 Å². The van der Waals surface area contributed by atoms with Gasteiger partial charge in [-0.25, -0.2) is 4.39 Å². The van der Waals surface area contributed by atoms with Gasteiger partial charge >= 0.3 is 0 Å². The van der Waals surface area contributed by atoms with Gasteiger partial charge in [0.15, 0.2) is 0 Å². The summed E-state index contributed by atoms with van der Waals surface area (Å²) in [6.07, 6.45) is 0.868. The van der Waals surface area contributed by atoms with Crippen LogP contribution in [0.3, 0.4) is 0 Å². The van der Waals surface area contributed by atoms with Gasteiger partial charge < -0.3 is 11.1 Å². The Balaban J connectivity index is 2.10. The van der Waals surface area contributed by atoms with E-state index in [1.807, 2.05) is 19.1 Å². The molecular formula is C14H17FN4. The zero-order valence-corrected chi connectivity index (χ0v) is 10.8. The molecule has 100 valence electrons. The van der Waals surface area contributed by atoms with Crippen molar-refractivity contribution < 1.29 is 4.39 Å². The van der Waals surface area contributed by atoms with Crippen LogP contribution in [0.25, 0.3) is 11.3 Å². The number of hydrogen-bond acceptors (Lipinski definition) is 4. The number of nitrogens with two attached hydrogens (primary N) is 1. The Morgan fingerprint density at radius 2 is 2.11 bits per heavy atom. The number of halogens is 1. The van der Waals surface area contributed by atoms with Crippen molar-refractivity contribution >= 4 is 5.82 Å². The predicted molar refractivity (Wildman–Crippen MR) is 74.2 cm³/mol. The van der Waals surface area contributed by atoms with Crippen molar-refractivity contribution in [3.63, 3.8) is 0 Å². The summed E-state index contributed by atoms with van der Waals surface area (Å²) in [5.41, 5.74) is 6.85. The molecule has 0 fully saturated rings. The van der Waals surface area contributed by atoms with E-state index in [1.165, 1.54) is 12.1 Å². The van der Waals surface area contributed by atoms with Crippen LogP contribution in [0.1, 0.15) is 13.3 Å². The molecular weight excluding hydrogens is 243 g/mol. The highest BCUT2D eigenvalue weighted by molar-refractivity contribution is 5.59. The van der Waals surface area contributed by atoms with Crippen molar-refractivity contribution in [2.24, 2.45) is 5.73 Å². The molecule has 2 aromatic rings. The second kappa shape index (κ2) is 6.24. The van der Waals surface area contributed by atoms with Gasteiger partial charge in [-0.2, -0.15) is 0 Å². The van der Waals surface area contributed by atoms with Gasteiger partial charge in [0.25, 0.3) is 0 Å². The van der Waals surface area contributed by atoms with Crippen LogP contribution >= 0.6 is 0 Å². The fraction of sp³-hybridized carbons (Fsp3) is 0.286. The third-order valence-corrected chi connectivity index (χ3v) is 2.78. The lowest BCUT2D eigenvalue weighted by molar-refractivity contribution is 0.628. The molecule has 5 heteroatoms. The van der Waals surface area contributed by atoms with Crippen molar-refractivity contribution in [2.45, 2.75) is 19.4 Å². The normalized spacial score (nSPS) is 12.2. The standard InChI is InChI=1S/C14H17FN4/c1-10(7-8-16)17-14-6-5-13(18-19-14)11-3-2-4-12(15)9-11/h2-6,9-10H,7-8,16H2,1H3,(H,17,19). The van der Waals surface area contributed by atoms with Gasteiger partial charge in [0.05, 0.1) is 5.69 Å². The third kappa shape index (κ3) is 3.72. The van der Waals surface area contributed by atoms with Crippen LogP contribution in [0.2, 0.25) is 0 Å². The van der Waals surface area contributed by atoms with Gasteiger partial charge in [0, 0.05) is 11.6 Å². The summed E-state index contributed by atoms with van der Waals surface area (Å²) in [7, 11) is 0. The lowest BCUT2D eigenvalue weighted by Gasteiger charge is -2.12. The first-order valence-corrected chi connectivity index (χ1v) is 6.25. The van der Waals surface area contributed by atoms with E-state index in [9.17, 15) is 4.39 Å². The molecule has 0 aliphatic heterocycles. The quantitative estimate of drug-likeness (QED) is 0.866. The highest BCUT2D eigenvalue weighted by Gasteiger charge is 2.04. The molecule has 1 unspecified atom stereocenters. The highest BCUT2D eigenvalue weighted by Crippen LogP contribution is 2.18. The van der Waals surface area contributed by atoms with Crippen LogP contribution in [-0.2, 0) is 0 Å². The van der Waals surface area contributed by atoms with E-state index < -0.39 is 0 Å². The predicted octanol–water partition coefficient (Wildman–Crippen LogP) is 2.43. The monoisotopic (exact) mass is 260 g/mol. The van der Waals surface area contributed by atoms with Gasteiger partial charge in [-0.1, -0.05) is 12.1 Å². The van der Waals surface area contributed by atoms with Crippen LogP contribution in [0, 0.1) is 5.82 Å². The van der Waals surface area contributed by atoms with E-state index in [2.05, 4.69) is 15.5 Å². The van der Waals surface area contributed by atoms with Crippen LogP contribution in [-0.4, -0.2) is 22.8 Å². The number of aromatic nitrogens is 2. The smallest absolute Gasteiger partial charge is 0.148 e. The van der Waals surface area contributed by atoms with Crippen LogP contribution < -0.4 is 11.1 Å². The SMILES string of the molecule is CC(CCN)Nc1ccc(-c2cccc(F)c2)nn1. The summed E-state index contributed by atoms with van der Waals surface area (Å²) in [5, 5.41) is 11.4. The number of hydrogen-bond donors (Lipinski definition) is 2.